The lowest BCUT2D eigenvalue weighted by Gasteiger charge is -2.31. The molecule has 2 amide bonds. The van der Waals surface area contributed by atoms with Crippen LogP contribution in [0.3, 0.4) is 0 Å². The van der Waals surface area contributed by atoms with E-state index in [9.17, 15) is 9.59 Å². The van der Waals surface area contributed by atoms with Gasteiger partial charge in [-0.15, -0.1) is 0 Å². The van der Waals surface area contributed by atoms with Crippen LogP contribution in [0.5, 0.6) is 5.75 Å². The molecule has 146 valence electrons. The number of ether oxygens (including phenoxy) is 1. The van der Waals surface area contributed by atoms with Crippen molar-refractivity contribution < 1.29 is 19.2 Å². The molecule has 8 heteroatoms. The van der Waals surface area contributed by atoms with Gasteiger partial charge in [-0.1, -0.05) is 12.1 Å². The maximum Gasteiger partial charge on any atom is 0.251 e. The second kappa shape index (κ2) is 10.1. The van der Waals surface area contributed by atoms with Gasteiger partial charge in [0.05, 0.1) is 32.4 Å². The summed E-state index contributed by atoms with van der Waals surface area (Å²) in [6.07, 6.45) is 2.34. The van der Waals surface area contributed by atoms with Crippen molar-refractivity contribution in [2.45, 2.75) is 20.3 Å². The van der Waals surface area contributed by atoms with E-state index in [-0.39, 0.29) is 5.11 Å². The zero-order chi connectivity index (χ0) is 19.8. The highest BCUT2D eigenvalue weighted by molar-refractivity contribution is 7.80. The zero-order valence-electron chi connectivity index (χ0n) is 16.0. The van der Waals surface area contributed by atoms with Crippen LogP contribution in [0.4, 0.5) is 5.69 Å². The number of hydrogen-bond donors (Lipinski definition) is 2. The number of nitrogens with one attached hydrogen (secondary N) is 2. The zero-order valence-corrected chi connectivity index (χ0v) is 16.8. The molecule has 1 saturated heterocycles. The van der Waals surface area contributed by atoms with Crippen LogP contribution in [-0.2, 0) is 9.59 Å². The van der Waals surface area contributed by atoms with Gasteiger partial charge in [-0.05, 0) is 38.2 Å². The molecule has 0 saturated carbocycles. The van der Waals surface area contributed by atoms with Crippen molar-refractivity contribution in [2.75, 3.05) is 38.2 Å². The lowest BCUT2D eigenvalue weighted by molar-refractivity contribution is -0.896. The van der Waals surface area contributed by atoms with Gasteiger partial charge in [0, 0.05) is 19.2 Å². The molecule has 0 bridgehead atoms. The fraction of sp³-hybridized carbons (Fsp3) is 0.474. The van der Waals surface area contributed by atoms with Gasteiger partial charge in [0.15, 0.2) is 11.0 Å². The number of carbonyl (C=O) groups excluding carboxylic acids is 2. The molecule has 1 aromatic carbocycles. The van der Waals surface area contributed by atoms with Gasteiger partial charge in [-0.2, -0.15) is 0 Å². The number of para-hydroxylation sites is 2. The molecule has 2 N–H and O–H groups in total. The van der Waals surface area contributed by atoms with Crippen LogP contribution in [0.15, 0.2) is 29.3 Å². The number of amides is 2. The summed E-state index contributed by atoms with van der Waals surface area (Å²) in [4.78, 5) is 32.3. The maximum absolute atomic E-state index is 12.9. The predicted octanol–water partition coefficient (Wildman–Crippen LogP) is 0.445. The van der Waals surface area contributed by atoms with Gasteiger partial charge in [-0.3, -0.25) is 19.5 Å². The molecule has 0 aliphatic carbocycles. The van der Waals surface area contributed by atoms with Gasteiger partial charge in [0.2, 0.25) is 5.91 Å². The molecule has 1 unspecified atom stereocenters. The summed E-state index contributed by atoms with van der Waals surface area (Å²) in [5.74, 6) is -1.37. The minimum atomic E-state index is -0.998. The molecule has 1 aliphatic heterocycles. The molecule has 1 heterocycles. The number of benzene rings is 1. The van der Waals surface area contributed by atoms with Crippen molar-refractivity contribution in [2.24, 2.45) is 10.9 Å². The van der Waals surface area contributed by atoms with E-state index in [1.54, 1.807) is 24.3 Å². The molecule has 1 atom stereocenters. The molecule has 1 fully saturated rings. The van der Waals surface area contributed by atoms with E-state index in [1.165, 1.54) is 23.1 Å². The van der Waals surface area contributed by atoms with E-state index < -0.39 is 17.7 Å². The van der Waals surface area contributed by atoms with Crippen molar-refractivity contribution >= 4 is 41.0 Å². The third-order valence-electron chi connectivity index (χ3n) is 4.60. The van der Waals surface area contributed by atoms with Gasteiger partial charge in [0.25, 0.3) is 5.91 Å². The van der Waals surface area contributed by atoms with Gasteiger partial charge < -0.3 is 15.0 Å². The Morgan fingerprint density at radius 3 is 2.67 bits per heavy atom. The minimum Gasteiger partial charge on any atom is -0.495 e. The van der Waals surface area contributed by atoms with Crippen molar-refractivity contribution in [3.8, 4) is 5.75 Å². The van der Waals surface area contributed by atoms with Crippen LogP contribution in [0.1, 0.15) is 20.3 Å². The number of hydrogen-bond acceptors (Lipinski definition) is 5. The topological polar surface area (TPSA) is 75.4 Å². The van der Waals surface area contributed by atoms with Crippen LogP contribution in [-0.4, -0.2) is 56.4 Å². The van der Waals surface area contributed by atoms with E-state index in [4.69, 9.17) is 17.0 Å². The van der Waals surface area contributed by atoms with Crippen molar-refractivity contribution in [1.29, 1.82) is 0 Å². The maximum atomic E-state index is 12.9. The van der Waals surface area contributed by atoms with E-state index in [2.05, 4.69) is 24.2 Å². The third-order valence-corrected chi connectivity index (χ3v) is 4.88. The Hall–Kier alpha value is -2.32. The molecule has 0 spiro atoms. The quantitative estimate of drug-likeness (QED) is 0.277. The number of carbonyl (C=O) groups is 2. The minimum absolute atomic E-state index is 0.0456. The molecule has 2 rings (SSSR count). The summed E-state index contributed by atoms with van der Waals surface area (Å²) in [6.45, 7) is 8.07. The lowest BCUT2D eigenvalue weighted by Crippen LogP contribution is -3.11. The Morgan fingerprint density at radius 1 is 1.30 bits per heavy atom. The second-order valence-electron chi connectivity index (χ2n) is 6.23. The number of methoxy groups -OCH3 is 1. The molecule has 0 radical (unpaired) electrons. The van der Waals surface area contributed by atoms with Crippen LogP contribution >= 0.6 is 12.2 Å². The third kappa shape index (κ3) is 5.11. The molecule has 0 aromatic heterocycles. The Morgan fingerprint density at radius 2 is 2.00 bits per heavy atom. The van der Waals surface area contributed by atoms with Crippen LogP contribution < -0.4 is 19.9 Å². The SMILES string of the molecule is CC[NH+](CC)CCCN=CC1C(=O)NC(=S)N(c2ccccc2OC)C1=O. The number of rotatable bonds is 9. The van der Waals surface area contributed by atoms with Crippen molar-refractivity contribution in [1.82, 2.24) is 5.32 Å². The molecule has 27 heavy (non-hydrogen) atoms. The first-order valence-electron chi connectivity index (χ1n) is 9.18. The molecule has 1 aliphatic rings. The van der Waals surface area contributed by atoms with Gasteiger partial charge >= 0.3 is 0 Å². The van der Waals surface area contributed by atoms with E-state index >= 15 is 0 Å². The Balaban J connectivity index is 2.09. The van der Waals surface area contributed by atoms with Gasteiger partial charge in [-0.25, -0.2) is 0 Å². The first-order valence-corrected chi connectivity index (χ1v) is 9.59. The van der Waals surface area contributed by atoms with Crippen LogP contribution in [0.2, 0.25) is 0 Å². The van der Waals surface area contributed by atoms with Crippen molar-refractivity contribution in [3.63, 3.8) is 0 Å². The average molecular weight is 392 g/mol. The van der Waals surface area contributed by atoms with Crippen LogP contribution in [0, 0.1) is 5.92 Å². The smallest absolute Gasteiger partial charge is 0.251 e. The van der Waals surface area contributed by atoms with Crippen molar-refractivity contribution in [3.05, 3.63) is 24.3 Å². The highest BCUT2D eigenvalue weighted by atomic mass is 32.1. The highest BCUT2D eigenvalue weighted by Crippen LogP contribution is 2.30. The molecular weight excluding hydrogens is 364 g/mol. The molecule has 1 aromatic rings. The second-order valence-corrected chi connectivity index (χ2v) is 6.62. The fourth-order valence-electron chi connectivity index (χ4n) is 2.97. The fourth-order valence-corrected chi connectivity index (χ4v) is 3.26. The Kier molecular flexibility index (Phi) is 7.87. The lowest BCUT2D eigenvalue weighted by atomic mass is 10.1. The van der Waals surface area contributed by atoms with E-state index in [0.29, 0.717) is 18.0 Å². The van der Waals surface area contributed by atoms with E-state index in [0.717, 1.165) is 26.1 Å². The summed E-state index contributed by atoms with van der Waals surface area (Å²) in [7, 11) is 1.52. The summed E-state index contributed by atoms with van der Waals surface area (Å²) in [5.41, 5.74) is 0.499. The van der Waals surface area contributed by atoms with Gasteiger partial charge in [0.1, 0.15) is 5.75 Å². The number of thiocarbonyl (C=S) groups is 1. The predicted molar refractivity (Wildman–Crippen MR) is 110 cm³/mol. The summed E-state index contributed by atoms with van der Waals surface area (Å²) >= 11 is 5.20. The summed E-state index contributed by atoms with van der Waals surface area (Å²) in [5, 5.41) is 2.63. The number of anilines is 1. The van der Waals surface area contributed by atoms with Crippen LogP contribution in [0.25, 0.3) is 0 Å². The number of nitrogens with zero attached hydrogens (tertiary/aromatic N) is 2. The summed E-state index contributed by atoms with van der Waals surface area (Å²) in [6, 6.07) is 7.04. The number of quaternary nitrogens is 1. The largest absolute Gasteiger partial charge is 0.495 e. The molecule has 7 nitrogen and oxygen atoms in total. The Bertz CT molecular complexity index is 719. The molecular formula is C19H27N4O3S+. The normalized spacial score (nSPS) is 17.7. The number of aliphatic imine (C=N–C) groups is 1. The highest BCUT2D eigenvalue weighted by Gasteiger charge is 2.39. The van der Waals surface area contributed by atoms with E-state index in [1.807, 2.05) is 0 Å². The Labute approximate surface area is 165 Å². The average Bonchev–Trinajstić information content (AvgIpc) is 2.67. The monoisotopic (exact) mass is 391 g/mol. The first-order chi connectivity index (χ1) is 13.0. The summed E-state index contributed by atoms with van der Waals surface area (Å²) < 4.78 is 5.31. The standard InChI is InChI=1S/C19H26N4O3S/c1-4-22(5-2)12-8-11-20-13-14-17(24)21-19(27)23(18(14)25)15-9-6-7-10-16(15)26-3/h6-7,9-10,13-14H,4-5,8,11-12H2,1-3H3,(H,21,24,27)/p+1. The first kappa shape index (κ1) is 21.0.